The van der Waals surface area contributed by atoms with Crippen LogP contribution in [0.5, 0.6) is 0 Å². The third-order valence-electron chi connectivity index (χ3n) is 2.15. The van der Waals surface area contributed by atoms with Crippen LogP contribution < -0.4 is 10.6 Å². The molecule has 0 unspecified atom stereocenters. The predicted molar refractivity (Wildman–Crippen MR) is 60.1 cm³/mol. The maximum Gasteiger partial charge on any atom is 0.223 e. The van der Waals surface area contributed by atoms with Gasteiger partial charge in [0.15, 0.2) is 29.1 Å². The van der Waals surface area contributed by atoms with Crippen LogP contribution in [0.15, 0.2) is 10.6 Å². The van der Waals surface area contributed by atoms with Crippen LogP contribution in [0.3, 0.4) is 0 Å². The summed E-state index contributed by atoms with van der Waals surface area (Å²) in [4.78, 5) is 7.69. The van der Waals surface area contributed by atoms with Crippen LogP contribution in [0.4, 0.5) is 20.4 Å². The van der Waals surface area contributed by atoms with E-state index in [1.54, 1.807) is 6.92 Å². The zero-order chi connectivity index (χ0) is 13.1. The Morgan fingerprint density at radius 1 is 1.22 bits per heavy atom. The van der Waals surface area contributed by atoms with E-state index in [1.165, 1.54) is 7.05 Å². The van der Waals surface area contributed by atoms with Gasteiger partial charge in [-0.1, -0.05) is 5.16 Å². The van der Waals surface area contributed by atoms with Crippen molar-refractivity contribution in [1.82, 2.24) is 15.1 Å². The van der Waals surface area contributed by atoms with Crippen molar-refractivity contribution in [2.45, 2.75) is 13.5 Å². The number of aryl methyl sites for hydroxylation is 1. The fraction of sp³-hybridized carbons (Fsp3) is 0.300. The topological polar surface area (TPSA) is 75.9 Å². The molecule has 0 aliphatic rings. The summed E-state index contributed by atoms with van der Waals surface area (Å²) in [5.41, 5.74) is 0. The third-order valence-corrected chi connectivity index (χ3v) is 2.15. The lowest BCUT2D eigenvalue weighted by atomic mass is 10.4. The number of aromatic nitrogens is 3. The molecule has 8 heteroatoms. The van der Waals surface area contributed by atoms with Gasteiger partial charge in [-0.3, -0.25) is 0 Å². The number of hydrogen-bond acceptors (Lipinski definition) is 6. The molecule has 6 nitrogen and oxygen atoms in total. The summed E-state index contributed by atoms with van der Waals surface area (Å²) in [7, 11) is 1.50. The molecule has 0 aliphatic heterocycles. The van der Waals surface area contributed by atoms with Gasteiger partial charge in [0.25, 0.3) is 0 Å². The summed E-state index contributed by atoms with van der Waals surface area (Å²) in [5.74, 6) is -0.881. The summed E-state index contributed by atoms with van der Waals surface area (Å²) >= 11 is 0. The van der Waals surface area contributed by atoms with Gasteiger partial charge in [-0.25, -0.2) is 13.8 Å². The van der Waals surface area contributed by atoms with Gasteiger partial charge in [-0.15, -0.1) is 0 Å². The normalized spacial score (nSPS) is 10.4. The van der Waals surface area contributed by atoms with Crippen molar-refractivity contribution in [2.24, 2.45) is 0 Å². The van der Waals surface area contributed by atoms with Crippen LogP contribution in [0.1, 0.15) is 11.7 Å². The van der Waals surface area contributed by atoms with E-state index in [2.05, 4.69) is 25.8 Å². The molecule has 0 saturated heterocycles. The summed E-state index contributed by atoms with van der Waals surface area (Å²) in [6.07, 6.45) is 0. The van der Waals surface area contributed by atoms with Gasteiger partial charge in [0.1, 0.15) is 0 Å². The molecule has 0 aromatic carbocycles. The number of nitrogens with one attached hydrogen (secondary N) is 2. The molecule has 18 heavy (non-hydrogen) atoms. The molecule has 0 radical (unpaired) electrons. The maximum absolute atomic E-state index is 13.4. The average molecular weight is 255 g/mol. The van der Waals surface area contributed by atoms with Crippen LogP contribution in [0, 0.1) is 18.6 Å². The number of rotatable bonds is 4. The number of nitrogens with zero attached hydrogens (tertiary/aromatic N) is 3. The van der Waals surface area contributed by atoms with Gasteiger partial charge in [0.2, 0.25) is 5.89 Å². The molecule has 0 bridgehead atoms. The largest absolute Gasteiger partial charge is 0.371 e. The van der Waals surface area contributed by atoms with Crippen LogP contribution in [0.25, 0.3) is 0 Å². The highest BCUT2D eigenvalue weighted by molar-refractivity contribution is 5.47. The van der Waals surface area contributed by atoms with Crippen molar-refractivity contribution in [2.75, 3.05) is 17.7 Å². The van der Waals surface area contributed by atoms with Crippen molar-refractivity contribution in [3.8, 4) is 0 Å². The molecular formula is C10H11F2N5O. The van der Waals surface area contributed by atoms with Gasteiger partial charge in [-0.05, 0) is 0 Å². The van der Waals surface area contributed by atoms with Crippen molar-refractivity contribution in [3.05, 3.63) is 29.4 Å². The summed E-state index contributed by atoms with van der Waals surface area (Å²) in [6, 6.07) is 0.753. The van der Waals surface area contributed by atoms with Crippen molar-refractivity contribution < 1.29 is 13.3 Å². The molecule has 0 saturated carbocycles. The first-order valence-electron chi connectivity index (χ1n) is 5.17. The molecule has 2 rings (SSSR count). The number of anilines is 2. The Morgan fingerprint density at radius 3 is 2.56 bits per heavy atom. The monoisotopic (exact) mass is 255 g/mol. The van der Waals surface area contributed by atoms with E-state index in [9.17, 15) is 8.78 Å². The zero-order valence-corrected chi connectivity index (χ0v) is 9.79. The summed E-state index contributed by atoms with van der Waals surface area (Å²) in [6.45, 7) is 1.78. The van der Waals surface area contributed by atoms with Crippen LogP contribution in [0.2, 0.25) is 0 Å². The molecule has 2 N–H and O–H groups in total. The Kier molecular flexibility index (Phi) is 3.35. The molecular weight excluding hydrogens is 244 g/mol. The van der Waals surface area contributed by atoms with Gasteiger partial charge < -0.3 is 15.2 Å². The van der Waals surface area contributed by atoms with Gasteiger partial charge >= 0.3 is 0 Å². The van der Waals surface area contributed by atoms with Gasteiger partial charge in [0, 0.05) is 20.0 Å². The lowest BCUT2D eigenvalue weighted by molar-refractivity contribution is 0.388. The van der Waals surface area contributed by atoms with E-state index in [-0.39, 0.29) is 18.2 Å². The molecule has 0 aliphatic carbocycles. The Morgan fingerprint density at radius 2 is 1.94 bits per heavy atom. The summed E-state index contributed by atoms with van der Waals surface area (Å²) in [5, 5.41) is 8.82. The molecule has 0 spiro atoms. The Hall–Kier alpha value is -2.25. The van der Waals surface area contributed by atoms with E-state index in [0.717, 1.165) is 6.07 Å². The molecule has 2 heterocycles. The van der Waals surface area contributed by atoms with Gasteiger partial charge in [0.05, 0.1) is 6.54 Å². The molecule has 96 valence electrons. The summed E-state index contributed by atoms with van der Waals surface area (Å²) < 4.78 is 31.3. The highest BCUT2D eigenvalue weighted by Gasteiger charge is 2.11. The average Bonchev–Trinajstić information content (AvgIpc) is 2.74. The van der Waals surface area contributed by atoms with Crippen molar-refractivity contribution >= 4 is 11.6 Å². The minimum absolute atomic E-state index is 0.0387. The van der Waals surface area contributed by atoms with E-state index < -0.39 is 11.6 Å². The minimum atomic E-state index is -0.785. The van der Waals surface area contributed by atoms with Crippen LogP contribution >= 0.6 is 0 Å². The Labute approximate surface area is 101 Å². The molecule has 0 amide bonds. The first-order chi connectivity index (χ1) is 8.60. The molecule has 2 aromatic heterocycles. The second kappa shape index (κ2) is 4.94. The SMILES string of the molecule is CNc1nc(NCc2noc(C)n2)c(F)cc1F. The fourth-order valence-corrected chi connectivity index (χ4v) is 1.34. The first kappa shape index (κ1) is 12.2. The fourth-order valence-electron chi connectivity index (χ4n) is 1.34. The predicted octanol–water partition coefficient (Wildman–Crippen LogP) is 1.71. The van der Waals surface area contributed by atoms with Crippen molar-refractivity contribution in [1.29, 1.82) is 0 Å². The lowest BCUT2D eigenvalue weighted by Gasteiger charge is -2.07. The van der Waals surface area contributed by atoms with Crippen LogP contribution in [-0.4, -0.2) is 22.2 Å². The quantitative estimate of drug-likeness (QED) is 0.866. The Balaban J connectivity index is 2.13. The Bertz CT molecular complexity index is 557. The van der Waals surface area contributed by atoms with E-state index in [4.69, 9.17) is 4.52 Å². The van der Waals surface area contributed by atoms with Crippen molar-refractivity contribution in [3.63, 3.8) is 0 Å². The highest BCUT2D eigenvalue weighted by Crippen LogP contribution is 2.18. The first-order valence-corrected chi connectivity index (χ1v) is 5.17. The molecule has 0 atom stereocenters. The van der Waals surface area contributed by atoms with E-state index in [0.29, 0.717) is 11.7 Å². The minimum Gasteiger partial charge on any atom is -0.371 e. The highest BCUT2D eigenvalue weighted by atomic mass is 19.1. The number of halogens is 2. The standard InChI is InChI=1S/C10H11F2N5O/c1-5-15-8(17-18-5)4-14-10-7(12)3-6(11)9(13-2)16-10/h3H,4H2,1-2H3,(H2,13,14,16). The lowest BCUT2D eigenvalue weighted by Crippen LogP contribution is -2.08. The number of hydrogen-bond donors (Lipinski definition) is 2. The number of pyridine rings is 1. The second-order valence-corrected chi connectivity index (χ2v) is 3.48. The third kappa shape index (κ3) is 2.53. The van der Waals surface area contributed by atoms with E-state index in [1.807, 2.05) is 0 Å². The zero-order valence-electron chi connectivity index (χ0n) is 9.79. The van der Waals surface area contributed by atoms with Crippen LogP contribution in [-0.2, 0) is 6.54 Å². The molecule has 0 fully saturated rings. The second-order valence-electron chi connectivity index (χ2n) is 3.48. The molecule has 2 aromatic rings. The van der Waals surface area contributed by atoms with E-state index >= 15 is 0 Å². The maximum atomic E-state index is 13.4. The smallest absolute Gasteiger partial charge is 0.223 e. The van der Waals surface area contributed by atoms with Gasteiger partial charge in [-0.2, -0.15) is 4.98 Å².